The molecule has 0 spiro atoms. The first-order valence-corrected chi connectivity index (χ1v) is 5.05. The van der Waals surface area contributed by atoms with Crippen molar-refractivity contribution in [3.63, 3.8) is 0 Å². The average molecular weight is 204 g/mol. The molecule has 1 atom stereocenters. The van der Waals surface area contributed by atoms with Gasteiger partial charge in [0.25, 0.3) is 0 Å². The molecule has 0 amide bonds. The molecule has 0 bridgehead atoms. The SMILES string of the molecule is CC(C)C(O)CNc1cccc(C#N)c1. The van der Waals surface area contributed by atoms with Gasteiger partial charge in [-0.15, -0.1) is 0 Å². The van der Waals surface area contributed by atoms with E-state index in [1.165, 1.54) is 0 Å². The van der Waals surface area contributed by atoms with Crippen LogP contribution in [0.2, 0.25) is 0 Å². The molecule has 1 rings (SSSR count). The molecule has 0 fully saturated rings. The molecule has 0 aliphatic carbocycles. The maximum atomic E-state index is 9.59. The smallest absolute Gasteiger partial charge is 0.0992 e. The van der Waals surface area contributed by atoms with E-state index in [2.05, 4.69) is 11.4 Å². The third kappa shape index (κ3) is 3.61. The van der Waals surface area contributed by atoms with Crippen LogP contribution in [0.3, 0.4) is 0 Å². The highest BCUT2D eigenvalue weighted by Gasteiger charge is 2.08. The summed E-state index contributed by atoms with van der Waals surface area (Å²) in [5.41, 5.74) is 1.49. The molecule has 0 radical (unpaired) electrons. The second-order valence-corrected chi connectivity index (χ2v) is 3.88. The van der Waals surface area contributed by atoms with Crippen LogP contribution >= 0.6 is 0 Å². The molecular weight excluding hydrogens is 188 g/mol. The van der Waals surface area contributed by atoms with E-state index in [0.717, 1.165) is 5.69 Å². The molecule has 15 heavy (non-hydrogen) atoms. The standard InChI is InChI=1S/C12H16N2O/c1-9(2)12(15)8-14-11-5-3-4-10(6-11)7-13/h3-6,9,12,14-15H,8H2,1-2H3. The van der Waals surface area contributed by atoms with E-state index in [4.69, 9.17) is 5.26 Å². The van der Waals surface area contributed by atoms with Gasteiger partial charge in [0.05, 0.1) is 17.7 Å². The molecule has 3 nitrogen and oxygen atoms in total. The zero-order chi connectivity index (χ0) is 11.3. The summed E-state index contributed by atoms with van der Waals surface area (Å²) >= 11 is 0. The van der Waals surface area contributed by atoms with Crippen molar-refractivity contribution in [2.45, 2.75) is 20.0 Å². The Bertz CT molecular complexity index is 355. The Labute approximate surface area is 90.4 Å². The Morgan fingerprint density at radius 3 is 2.80 bits per heavy atom. The summed E-state index contributed by atoms with van der Waals surface area (Å²) in [5, 5.41) is 21.4. The van der Waals surface area contributed by atoms with E-state index in [0.29, 0.717) is 12.1 Å². The minimum absolute atomic E-state index is 0.233. The quantitative estimate of drug-likeness (QED) is 0.788. The van der Waals surface area contributed by atoms with Crippen molar-refractivity contribution in [1.29, 1.82) is 5.26 Å². The summed E-state index contributed by atoms with van der Waals surface area (Å²) in [5.74, 6) is 0.233. The fourth-order valence-corrected chi connectivity index (χ4v) is 1.16. The van der Waals surface area contributed by atoms with Gasteiger partial charge in [-0.05, 0) is 24.1 Å². The lowest BCUT2D eigenvalue weighted by molar-refractivity contribution is 0.138. The average Bonchev–Trinajstić information content (AvgIpc) is 2.26. The number of hydrogen-bond donors (Lipinski definition) is 2. The van der Waals surface area contributed by atoms with Crippen LogP contribution in [0.15, 0.2) is 24.3 Å². The highest BCUT2D eigenvalue weighted by atomic mass is 16.3. The van der Waals surface area contributed by atoms with Crippen LogP contribution in [0.5, 0.6) is 0 Å². The van der Waals surface area contributed by atoms with Crippen molar-refractivity contribution in [3.05, 3.63) is 29.8 Å². The lowest BCUT2D eigenvalue weighted by atomic mass is 10.1. The molecule has 0 saturated heterocycles. The summed E-state index contributed by atoms with van der Waals surface area (Å²) in [7, 11) is 0. The summed E-state index contributed by atoms with van der Waals surface area (Å²) in [6.07, 6.45) is -0.365. The molecule has 1 aromatic carbocycles. The maximum absolute atomic E-state index is 9.59. The number of aliphatic hydroxyl groups excluding tert-OH is 1. The Morgan fingerprint density at radius 1 is 1.47 bits per heavy atom. The molecule has 1 unspecified atom stereocenters. The van der Waals surface area contributed by atoms with E-state index in [1.54, 1.807) is 12.1 Å². The largest absolute Gasteiger partial charge is 0.391 e. The Morgan fingerprint density at radius 2 is 2.20 bits per heavy atom. The van der Waals surface area contributed by atoms with Crippen LogP contribution in [-0.4, -0.2) is 17.8 Å². The predicted octanol–water partition coefficient (Wildman–Crippen LogP) is 1.99. The number of nitrogens with one attached hydrogen (secondary N) is 1. The molecule has 0 aliphatic rings. The first-order valence-electron chi connectivity index (χ1n) is 5.05. The molecule has 0 aliphatic heterocycles. The fraction of sp³-hybridized carbons (Fsp3) is 0.417. The normalized spacial score (nSPS) is 12.2. The van der Waals surface area contributed by atoms with Gasteiger partial charge in [-0.25, -0.2) is 0 Å². The number of benzene rings is 1. The molecule has 0 aromatic heterocycles. The summed E-state index contributed by atoms with van der Waals surface area (Å²) in [6.45, 7) is 4.45. The minimum atomic E-state index is -0.365. The second kappa shape index (κ2) is 5.38. The van der Waals surface area contributed by atoms with E-state index in [-0.39, 0.29) is 12.0 Å². The van der Waals surface area contributed by atoms with Crippen LogP contribution in [0.4, 0.5) is 5.69 Å². The van der Waals surface area contributed by atoms with Crippen LogP contribution in [0.25, 0.3) is 0 Å². The second-order valence-electron chi connectivity index (χ2n) is 3.88. The van der Waals surface area contributed by atoms with Gasteiger partial charge in [-0.1, -0.05) is 19.9 Å². The Balaban J connectivity index is 2.55. The summed E-state index contributed by atoms with van der Waals surface area (Å²) in [4.78, 5) is 0. The van der Waals surface area contributed by atoms with Gasteiger partial charge in [0.15, 0.2) is 0 Å². The Hall–Kier alpha value is -1.53. The number of aliphatic hydroxyl groups is 1. The summed E-state index contributed by atoms with van der Waals surface area (Å²) < 4.78 is 0. The molecule has 1 aromatic rings. The fourth-order valence-electron chi connectivity index (χ4n) is 1.16. The number of nitriles is 1. The lowest BCUT2D eigenvalue weighted by Crippen LogP contribution is -2.24. The first kappa shape index (κ1) is 11.5. The first-order chi connectivity index (χ1) is 7.13. The number of nitrogens with zero attached hydrogens (tertiary/aromatic N) is 1. The molecule has 3 heteroatoms. The highest BCUT2D eigenvalue weighted by molar-refractivity contribution is 5.49. The highest BCUT2D eigenvalue weighted by Crippen LogP contribution is 2.10. The van der Waals surface area contributed by atoms with Gasteiger partial charge in [0.2, 0.25) is 0 Å². The van der Waals surface area contributed by atoms with Crippen molar-refractivity contribution in [2.24, 2.45) is 5.92 Å². The van der Waals surface area contributed by atoms with Crippen LogP contribution in [0, 0.1) is 17.2 Å². The van der Waals surface area contributed by atoms with Crippen molar-refractivity contribution in [3.8, 4) is 6.07 Å². The van der Waals surface area contributed by atoms with E-state index < -0.39 is 0 Å². The van der Waals surface area contributed by atoms with Gasteiger partial charge in [-0.3, -0.25) is 0 Å². The van der Waals surface area contributed by atoms with E-state index in [1.807, 2.05) is 26.0 Å². The van der Waals surface area contributed by atoms with Crippen molar-refractivity contribution in [1.82, 2.24) is 0 Å². The van der Waals surface area contributed by atoms with Gasteiger partial charge in [0, 0.05) is 12.2 Å². The van der Waals surface area contributed by atoms with E-state index in [9.17, 15) is 5.11 Å². The predicted molar refractivity (Wildman–Crippen MR) is 60.5 cm³/mol. The van der Waals surface area contributed by atoms with Crippen molar-refractivity contribution >= 4 is 5.69 Å². The molecule has 2 N–H and O–H groups in total. The molecular formula is C12H16N2O. The summed E-state index contributed by atoms with van der Waals surface area (Å²) in [6, 6.07) is 9.31. The van der Waals surface area contributed by atoms with Crippen LogP contribution in [-0.2, 0) is 0 Å². The van der Waals surface area contributed by atoms with Gasteiger partial charge in [-0.2, -0.15) is 5.26 Å². The van der Waals surface area contributed by atoms with Gasteiger partial charge in [0.1, 0.15) is 0 Å². The maximum Gasteiger partial charge on any atom is 0.0992 e. The lowest BCUT2D eigenvalue weighted by Gasteiger charge is -2.15. The van der Waals surface area contributed by atoms with Crippen LogP contribution in [0.1, 0.15) is 19.4 Å². The molecule has 0 heterocycles. The van der Waals surface area contributed by atoms with Crippen molar-refractivity contribution < 1.29 is 5.11 Å². The number of anilines is 1. The minimum Gasteiger partial charge on any atom is -0.391 e. The zero-order valence-corrected chi connectivity index (χ0v) is 9.07. The molecule has 0 saturated carbocycles. The third-order valence-corrected chi connectivity index (χ3v) is 2.28. The zero-order valence-electron chi connectivity index (χ0n) is 9.07. The van der Waals surface area contributed by atoms with Crippen molar-refractivity contribution in [2.75, 3.05) is 11.9 Å². The van der Waals surface area contributed by atoms with Gasteiger partial charge >= 0.3 is 0 Å². The Kier molecular flexibility index (Phi) is 4.14. The van der Waals surface area contributed by atoms with Gasteiger partial charge < -0.3 is 10.4 Å². The number of hydrogen-bond acceptors (Lipinski definition) is 3. The topological polar surface area (TPSA) is 56.0 Å². The monoisotopic (exact) mass is 204 g/mol. The molecule has 80 valence electrons. The third-order valence-electron chi connectivity index (χ3n) is 2.28. The van der Waals surface area contributed by atoms with Crippen LogP contribution < -0.4 is 5.32 Å². The van der Waals surface area contributed by atoms with E-state index >= 15 is 0 Å². The number of rotatable bonds is 4.